The zero-order valence-electron chi connectivity index (χ0n) is 11.7. The van der Waals surface area contributed by atoms with Gasteiger partial charge >= 0.3 is 0 Å². The summed E-state index contributed by atoms with van der Waals surface area (Å²) in [4.78, 5) is 15.2. The lowest BCUT2D eigenvalue weighted by Crippen LogP contribution is -2.50. The lowest BCUT2D eigenvalue weighted by Gasteiger charge is -2.34. The number of carbonyl (C=O) groups is 1. The molecule has 2 fully saturated rings. The lowest BCUT2D eigenvalue weighted by atomic mass is 9.79. The van der Waals surface area contributed by atoms with Crippen molar-refractivity contribution < 1.29 is 9.53 Å². The van der Waals surface area contributed by atoms with Gasteiger partial charge in [-0.2, -0.15) is 0 Å². The zero-order valence-corrected chi connectivity index (χ0v) is 12.5. The molecule has 2 aliphatic rings. The van der Waals surface area contributed by atoms with E-state index in [9.17, 15) is 4.79 Å². The number of methoxy groups -OCH3 is 1. The normalized spacial score (nSPS) is 27.0. The van der Waals surface area contributed by atoms with Crippen LogP contribution in [0.4, 0.5) is 0 Å². The van der Waals surface area contributed by atoms with Crippen LogP contribution in [0.1, 0.15) is 44.9 Å². The third-order valence-corrected chi connectivity index (χ3v) is 4.99. The van der Waals surface area contributed by atoms with Crippen molar-refractivity contribution in [2.45, 2.75) is 51.0 Å². The molecule has 4 nitrogen and oxygen atoms in total. The Kier molecular flexibility index (Phi) is 4.79. The Morgan fingerprint density at radius 2 is 1.95 bits per heavy atom. The molecule has 1 heterocycles. The number of rotatable bonds is 3. The number of hydrogen-bond donors (Lipinski definition) is 1. The molecule has 0 bridgehead atoms. The summed E-state index contributed by atoms with van der Waals surface area (Å²) in [5, 5.41) is 0. The van der Waals surface area contributed by atoms with Gasteiger partial charge in [0.2, 0.25) is 5.91 Å². The maximum Gasteiger partial charge on any atom is 0.235 e. The molecule has 1 unspecified atom stereocenters. The quantitative estimate of drug-likeness (QED) is 0.635. The molecule has 1 aliphatic heterocycles. The molecule has 1 atom stereocenters. The Balaban J connectivity index is 2.14. The van der Waals surface area contributed by atoms with Gasteiger partial charge in [-0.15, -0.1) is 0 Å². The molecule has 1 amide bonds. The zero-order chi connectivity index (χ0) is 13.9. The largest absolute Gasteiger partial charge is 0.392 e. The average molecular weight is 284 g/mol. The van der Waals surface area contributed by atoms with Gasteiger partial charge in [-0.25, -0.2) is 0 Å². The fourth-order valence-electron chi connectivity index (χ4n) is 3.31. The van der Waals surface area contributed by atoms with Gasteiger partial charge in [-0.1, -0.05) is 37.9 Å². The van der Waals surface area contributed by atoms with Crippen molar-refractivity contribution in [1.29, 1.82) is 0 Å². The van der Waals surface area contributed by atoms with E-state index in [1.165, 1.54) is 12.8 Å². The summed E-state index contributed by atoms with van der Waals surface area (Å²) in [5.74, 6) is 0.140. The SMILES string of the molecule is COC1CCN(C(=O)C2(C(N)=S)CCCCCC2)C1. The number of nitrogens with zero attached hydrogens (tertiary/aromatic N) is 1. The van der Waals surface area contributed by atoms with E-state index in [-0.39, 0.29) is 12.0 Å². The first-order chi connectivity index (χ1) is 9.10. The number of hydrogen-bond acceptors (Lipinski definition) is 3. The highest BCUT2D eigenvalue weighted by Gasteiger charge is 2.45. The summed E-state index contributed by atoms with van der Waals surface area (Å²) in [6.07, 6.45) is 7.16. The number of carbonyl (C=O) groups excluding carboxylic acids is 1. The van der Waals surface area contributed by atoms with Crippen LogP contribution in [0.15, 0.2) is 0 Å². The van der Waals surface area contributed by atoms with E-state index in [2.05, 4.69) is 0 Å². The summed E-state index contributed by atoms with van der Waals surface area (Å²) in [5.41, 5.74) is 5.37. The van der Waals surface area contributed by atoms with E-state index in [1.807, 2.05) is 4.90 Å². The van der Waals surface area contributed by atoms with Crippen molar-refractivity contribution in [2.24, 2.45) is 11.1 Å². The van der Waals surface area contributed by atoms with E-state index < -0.39 is 5.41 Å². The van der Waals surface area contributed by atoms with Gasteiger partial charge in [0, 0.05) is 20.2 Å². The van der Waals surface area contributed by atoms with Crippen molar-refractivity contribution in [1.82, 2.24) is 4.90 Å². The second-order valence-corrected chi connectivity index (χ2v) is 6.20. The van der Waals surface area contributed by atoms with Crippen LogP contribution in [-0.4, -0.2) is 42.1 Å². The highest BCUT2D eigenvalue weighted by Crippen LogP contribution is 2.38. The molecule has 0 aromatic rings. The molecule has 108 valence electrons. The van der Waals surface area contributed by atoms with Gasteiger partial charge in [0.15, 0.2) is 0 Å². The maximum absolute atomic E-state index is 12.9. The van der Waals surface area contributed by atoms with Crippen LogP contribution in [0, 0.1) is 5.41 Å². The van der Waals surface area contributed by atoms with E-state index in [0.717, 1.165) is 38.6 Å². The van der Waals surface area contributed by atoms with Crippen LogP contribution < -0.4 is 5.73 Å². The molecule has 1 aliphatic carbocycles. The highest BCUT2D eigenvalue weighted by atomic mass is 32.1. The smallest absolute Gasteiger partial charge is 0.235 e. The Bertz CT molecular complexity index is 351. The first-order valence-electron chi connectivity index (χ1n) is 7.22. The fourth-order valence-corrected chi connectivity index (χ4v) is 3.60. The number of nitrogens with two attached hydrogens (primary N) is 1. The van der Waals surface area contributed by atoms with E-state index >= 15 is 0 Å². The molecule has 0 aromatic heterocycles. The van der Waals surface area contributed by atoms with Crippen LogP contribution in [0.3, 0.4) is 0 Å². The second-order valence-electron chi connectivity index (χ2n) is 5.76. The first-order valence-corrected chi connectivity index (χ1v) is 7.63. The van der Waals surface area contributed by atoms with Crippen molar-refractivity contribution in [3.05, 3.63) is 0 Å². The molecule has 2 rings (SSSR count). The number of thiocarbonyl (C=S) groups is 1. The monoisotopic (exact) mass is 284 g/mol. The number of ether oxygens (including phenoxy) is 1. The third-order valence-electron chi connectivity index (χ3n) is 4.60. The van der Waals surface area contributed by atoms with Gasteiger partial charge in [0.1, 0.15) is 0 Å². The minimum absolute atomic E-state index is 0.140. The molecular weight excluding hydrogens is 260 g/mol. The van der Waals surface area contributed by atoms with Crippen LogP contribution in [0.2, 0.25) is 0 Å². The van der Waals surface area contributed by atoms with Crippen LogP contribution in [-0.2, 0) is 9.53 Å². The Hall–Kier alpha value is -0.680. The van der Waals surface area contributed by atoms with Gasteiger partial charge in [0.25, 0.3) is 0 Å². The molecule has 1 saturated carbocycles. The minimum atomic E-state index is -0.589. The van der Waals surface area contributed by atoms with Crippen LogP contribution in [0.25, 0.3) is 0 Å². The summed E-state index contributed by atoms with van der Waals surface area (Å²) in [6, 6.07) is 0. The number of likely N-dealkylation sites (tertiary alicyclic amines) is 1. The predicted molar refractivity (Wildman–Crippen MR) is 78.9 cm³/mol. The molecule has 0 radical (unpaired) electrons. The van der Waals surface area contributed by atoms with Crippen molar-refractivity contribution >= 4 is 23.1 Å². The van der Waals surface area contributed by atoms with Gasteiger partial charge in [-0.3, -0.25) is 4.79 Å². The maximum atomic E-state index is 12.9. The first kappa shape index (κ1) is 14.7. The second kappa shape index (κ2) is 6.18. The molecule has 5 heteroatoms. The summed E-state index contributed by atoms with van der Waals surface area (Å²) >= 11 is 5.26. The molecule has 19 heavy (non-hydrogen) atoms. The molecule has 0 aromatic carbocycles. The molecule has 1 saturated heterocycles. The van der Waals surface area contributed by atoms with E-state index in [4.69, 9.17) is 22.7 Å². The Morgan fingerprint density at radius 1 is 1.32 bits per heavy atom. The van der Waals surface area contributed by atoms with Crippen molar-refractivity contribution in [2.75, 3.05) is 20.2 Å². The Labute approximate surface area is 120 Å². The van der Waals surface area contributed by atoms with E-state index in [1.54, 1.807) is 7.11 Å². The summed E-state index contributed by atoms with van der Waals surface area (Å²) in [7, 11) is 1.70. The summed E-state index contributed by atoms with van der Waals surface area (Å²) < 4.78 is 5.34. The summed E-state index contributed by atoms with van der Waals surface area (Å²) in [6.45, 7) is 1.45. The topological polar surface area (TPSA) is 55.6 Å². The molecule has 2 N–H and O–H groups in total. The van der Waals surface area contributed by atoms with Crippen molar-refractivity contribution in [3.63, 3.8) is 0 Å². The van der Waals surface area contributed by atoms with Gasteiger partial charge < -0.3 is 15.4 Å². The number of amides is 1. The standard InChI is InChI=1S/C14H24N2O2S/c1-18-11-6-9-16(10-11)13(17)14(12(15)19)7-4-2-3-5-8-14/h11H,2-10H2,1H3,(H2,15,19). The van der Waals surface area contributed by atoms with E-state index in [0.29, 0.717) is 11.5 Å². The molecule has 0 spiro atoms. The average Bonchev–Trinajstić information content (AvgIpc) is 2.74. The lowest BCUT2D eigenvalue weighted by molar-refractivity contribution is -0.138. The van der Waals surface area contributed by atoms with Gasteiger partial charge in [-0.05, 0) is 19.3 Å². The van der Waals surface area contributed by atoms with Crippen LogP contribution in [0.5, 0.6) is 0 Å². The predicted octanol–water partition coefficient (Wildman–Crippen LogP) is 1.86. The van der Waals surface area contributed by atoms with Crippen LogP contribution >= 0.6 is 12.2 Å². The minimum Gasteiger partial charge on any atom is -0.392 e. The van der Waals surface area contributed by atoms with Gasteiger partial charge in [0.05, 0.1) is 16.5 Å². The fraction of sp³-hybridized carbons (Fsp3) is 0.857. The molecular formula is C14H24N2O2S. The third kappa shape index (κ3) is 2.92. The van der Waals surface area contributed by atoms with Crippen molar-refractivity contribution in [3.8, 4) is 0 Å². The Morgan fingerprint density at radius 3 is 2.42 bits per heavy atom. The highest BCUT2D eigenvalue weighted by molar-refractivity contribution is 7.80.